The Labute approximate surface area is 72.3 Å². The van der Waals surface area contributed by atoms with Crippen molar-refractivity contribution in [1.29, 1.82) is 0 Å². The van der Waals surface area contributed by atoms with Crippen LogP contribution in [0.15, 0.2) is 0 Å². The minimum absolute atomic E-state index is 0.124. The third-order valence-corrected chi connectivity index (χ3v) is 2.31. The van der Waals surface area contributed by atoms with E-state index < -0.39 is 0 Å². The Morgan fingerprint density at radius 3 is 2.58 bits per heavy atom. The van der Waals surface area contributed by atoms with Gasteiger partial charge >= 0.3 is 6.03 Å². The van der Waals surface area contributed by atoms with Crippen LogP contribution in [0.2, 0.25) is 0 Å². The van der Waals surface area contributed by atoms with Crippen molar-refractivity contribution in [3.8, 4) is 0 Å². The van der Waals surface area contributed by atoms with E-state index in [1.54, 1.807) is 0 Å². The maximum absolute atomic E-state index is 11.4. The van der Waals surface area contributed by atoms with Gasteiger partial charge in [0.05, 0.1) is 0 Å². The number of carbonyl (C=O) groups excluding carboxylic acids is 1. The third kappa shape index (κ3) is 1.88. The molecule has 2 N–H and O–H groups in total. The molecule has 4 heteroatoms. The lowest BCUT2D eigenvalue weighted by Gasteiger charge is -2.27. The molecule has 2 fully saturated rings. The molecule has 2 amide bonds. The molecule has 0 radical (unpaired) electrons. The summed E-state index contributed by atoms with van der Waals surface area (Å²) in [6.07, 6.45) is 2.33. The SMILES string of the molecule is O=C(NC1CC1)N1CCNCC1. The van der Waals surface area contributed by atoms with Crippen molar-refractivity contribution in [2.75, 3.05) is 26.2 Å². The van der Waals surface area contributed by atoms with Gasteiger partial charge in [-0.3, -0.25) is 0 Å². The van der Waals surface area contributed by atoms with Crippen molar-refractivity contribution in [2.24, 2.45) is 0 Å². The average Bonchev–Trinajstić information content (AvgIpc) is 2.90. The summed E-state index contributed by atoms with van der Waals surface area (Å²) in [5, 5.41) is 6.20. The summed E-state index contributed by atoms with van der Waals surface area (Å²) >= 11 is 0. The summed E-state index contributed by atoms with van der Waals surface area (Å²) in [4.78, 5) is 13.3. The summed E-state index contributed by atoms with van der Waals surface area (Å²) in [5.41, 5.74) is 0. The summed E-state index contributed by atoms with van der Waals surface area (Å²) in [6.45, 7) is 3.55. The maximum atomic E-state index is 11.4. The molecule has 0 aromatic rings. The Balaban J connectivity index is 1.76. The molecule has 1 saturated heterocycles. The van der Waals surface area contributed by atoms with Gasteiger partial charge in [0.1, 0.15) is 0 Å². The van der Waals surface area contributed by atoms with Gasteiger partial charge in [-0.1, -0.05) is 0 Å². The van der Waals surface area contributed by atoms with Crippen molar-refractivity contribution in [3.63, 3.8) is 0 Å². The van der Waals surface area contributed by atoms with Gasteiger partial charge in [0.25, 0.3) is 0 Å². The standard InChI is InChI=1S/C8H15N3O/c12-8(10-7-1-2-7)11-5-3-9-4-6-11/h7,9H,1-6H2,(H,10,12). The van der Waals surface area contributed by atoms with Gasteiger partial charge < -0.3 is 15.5 Å². The second kappa shape index (κ2) is 3.31. The first-order valence-electron chi connectivity index (χ1n) is 4.62. The highest BCUT2D eigenvalue weighted by Gasteiger charge is 2.26. The molecule has 0 aromatic heterocycles. The lowest BCUT2D eigenvalue weighted by molar-refractivity contribution is 0.189. The highest BCUT2D eigenvalue weighted by atomic mass is 16.2. The van der Waals surface area contributed by atoms with Crippen LogP contribution in [-0.4, -0.2) is 43.2 Å². The summed E-state index contributed by atoms with van der Waals surface area (Å²) in [6, 6.07) is 0.603. The topological polar surface area (TPSA) is 44.4 Å². The van der Waals surface area contributed by atoms with E-state index in [2.05, 4.69) is 10.6 Å². The molecule has 12 heavy (non-hydrogen) atoms. The molecule has 1 aliphatic heterocycles. The number of hydrogen-bond donors (Lipinski definition) is 2. The van der Waals surface area contributed by atoms with Crippen LogP contribution in [0.25, 0.3) is 0 Å². The van der Waals surface area contributed by atoms with Crippen LogP contribution < -0.4 is 10.6 Å². The first-order chi connectivity index (χ1) is 5.86. The van der Waals surface area contributed by atoms with Gasteiger partial charge in [0.2, 0.25) is 0 Å². The van der Waals surface area contributed by atoms with Crippen molar-refractivity contribution in [2.45, 2.75) is 18.9 Å². The molecule has 1 heterocycles. The van der Waals surface area contributed by atoms with Crippen LogP contribution >= 0.6 is 0 Å². The quantitative estimate of drug-likeness (QED) is 0.569. The zero-order valence-electron chi connectivity index (χ0n) is 7.18. The number of carbonyl (C=O) groups is 1. The fraction of sp³-hybridized carbons (Fsp3) is 0.875. The van der Waals surface area contributed by atoms with Crippen molar-refractivity contribution >= 4 is 6.03 Å². The van der Waals surface area contributed by atoms with E-state index in [9.17, 15) is 4.79 Å². The van der Waals surface area contributed by atoms with Crippen LogP contribution in [-0.2, 0) is 0 Å². The minimum Gasteiger partial charge on any atom is -0.335 e. The van der Waals surface area contributed by atoms with E-state index in [4.69, 9.17) is 0 Å². The number of nitrogens with zero attached hydrogens (tertiary/aromatic N) is 1. The average molecular weight is 169 g/mol. The molecule has 0 spiro atoms. The lowest BCUT2D eigenvalue weighted by Crippen LogP contribution is -2.50. The normalized spacial score (nSPS) is 23.8. The van der Waals surface area contributed by atoms with E-state index in [0.717, 1.165) is 39.0 Å². The van der Waals surface area contributed by atoms with E-state index >= 15 is 0 Å². The van der Waals surface area contributed by atoms with Crippen LogP contribution in [0.3, 0.4) is 0 Å². The molecule has 2 rings (SSSR count). The largest absolute Gasteiger partial charge is 0.335 e. The predicted octanol–water partition coefficient (Wildman–Crippen LogP) is -0.236. The Kier molecular flexibility index (Phi) is 2.17. The second-order valence-corrected chi connectivity index (χ2v) is 3.46. The number of nitrogens with one attached hydrogen (secondary N) is 2. The first-order valence-corrected chi connectivity index (χ1v) is 4.62. The molecule has 0 bridgehead atoms. The van der Waals surface area contributed by atoms with Crippen molar-refractivity contribution < 1.29 is 4.79 Å². The maximum Gasteiger partial charge on any atom is 0.317 e. The molecule has 68 valence electrons. The Morgan fingerprint density at radius 1 is 1.33 bits per heavy atom. The molecule has 0 aromatic carbocycles. The molecule has 1 aliphatic carbocycles. The third-order valence-electron chi connectivity index (χ3n) is 2.31. The van der Waals surface area contributed by atoms with Crippen LogP contribution in [0.4, 0.5) is 4.79 Å². The molecule has 4 nitrogen and oxygen atoms in total. The Bertz CT molecular complexity index is 173. The van der Waals surface area contributed by atoms with Gasteiger partial charge in [-0.15, -0.1) is 0 Å². The fourth-order valence-electron chi connectivity index (χ4n) is 1.36. The molecule has 2 aliphatic rings. The number of hydrogen-bond acceptors (Lipinski definition) is 2. The zero-order chi connectivity index (χ0) is 8.39. The highest BCUT2D eigenvalue weighted by molar-refractivity contribution is 5.75. The Morgan fingerprint density at radius 2 is 2.00 bits per heavy atom. The molecular weight excluding hydrogens is 154 g/mol. The summed E-state index contributed by atoms with van der Waals surface area (Å²) in [7, 11) is 0. The lowest BCUT2D eigenvalue weighted by atomic mass is 10.4. The van der Waals surface area contributed by atoms with E-state index in [-0.39, 0.29) is 6.03 Å². The van der Waals surface area contributed by atoms with Gasteiger partial charge in [-0.2, -0.15) is 0 Å². The highest BCUT2D eigenvalue weighted by Crippen LogP contribution is 2.18. The van der Waals surface area contributed by atoms with E-state index in [1.165, 1.54) is 0 Å². The number of piperazine rings is 1. The van der Waals surface area contributed by atoms with Crippen molar-refractivity contribution in [1.82, 2.24) is 15.5 Å². The van der Waals surface area contributed by atoms with E-state index in [1.807, 2.05) is 4.90 Å². The molecule has 0 unspecified atom stereocenters. The van der Waals surface area contributed by atoms with Crippen LogP contribution in [0.5, 0.6) is 0 Å². The summed E-state index contributed by atoms with van der Waals surface area (Å²) < 4.78 is 0. The minimum atomic E-state index is 0.124. The van der Waals surface area contributed by atoms with Gasteiger partial charge in [0, 0.05) is 32.2 Å². The van der Waals surface area contributed by atoms with Gasteiger partial charge in [-0.05, 0) is 12.8 Å². The predicted molar refractivity (Wildman–Crippen MR) is 46.0 cm³/mol. The zero-order valence-corrected chi connectivity index (χ0v) is 7.18. The second-order valence-electron chi connectivity index (χ2n) is 3.46. The smallest absolute Gasteiger partial charge is 0.317 e. The Hall–Kier alpha value is -0.770. The monoisotopic (exact) mass is 169 g/mol. The molecule has 1 saturated carbocycles. The molecular formula is C8H15N3O. The molecule has 0 atom stereocenters. The van der Waals surface area contributed by atoms with Crippen LogP contribution in [0, 0.1) is 0 Å². The number of rotatable bonds is 1. The van der Waals surface area contributed by atoms with E-state index in [0.29, 0.717) is 6.04 Å². The van der Waals surface area contributed by atoms with Crippen LogP contribution in [0.1, 0.15) is 12.8 Å². The fourth-order valence-corrected chi connectivity index (χ4v) is 1.36. The van der Waals surface area contributed by atoms with Gasteiger partial charge in [-0.25, -0.2) is 4.79 Å². The number of urea groups is 1. The number of amides is 2. The van der Waals surface area contributed by atoms with Gasteiger partial charge in [0.15, 0.2) is 0 Å². The first kappa shape index (κ1) is 7.86. The summed E-state index contributed by atoms with van der Waals surface area (Å²) in [5.74, 6) is 0. The van der Waals surface area contributed by atoms with Crippen molar-refractivity contribution in [3.05, 3.63) is 0 Å².